The van der Waals surface area contributed by atoms with E-state index < -0.39 is 0 Å². The number of hydrogen-bond acceptors (Lipinski definition) is 3. The van der Waals surface area contributed by atoms with Gasteiger partial charge in [0.25, 0.3) is 0 Å². The molecule has 0 bridgehead atoms. The first-order chi connectivity index (χ1) is 12.7. The number of anilines is 2. The highest BCUT2D eigenvalue weighted by molar-refractivity contribution is 5.62. The monoisotopic (exact) mass is 350 g/mol. The lowest BCUT2D eigenvalue weighted by Crippen LogP contribution is -2.22. The van der Waals surface area contributed by atoms with Crippen molar-refractivity contribution in [2.24, 2.45) is 0 Å². The maximum atomic E-state index is 4.97. The molecule has 0 unspecified atom stereocenters. The second kappa shape index (κ2) is 8.26. The van der Waals surface area contributed by atoms with E-state index in [2.05, 4.69) is 78.2 Å². The van der Waals surface area contributed by atoms with E-state index in [9.17, 15) is 0 Å². The highest BCUT2D eigenvalue weighted by Gasteiger charge is 2.25. The molecule has 0 aliphatic carbocycles. The molecule has 4 heteroatoms. The zero-order chi connectivity index (χ0) is 18.5. The smallest absolute Gasteiger partial charge is 0.156 e. The molecule has 0 fully saturated rings. The number of rotatable bonds is 7. The van der Waals surface area contributed by atoms with E-state index in [-0.39, 0.29) is 0 Å². The third-order valence-corrected chi connectivity index (χ3v) is 5.05. The quantitative estimate of drug-likeness (QED) is 0.780. The summed E-state index contributed by atoms with van der Waals surface area (Å²) in [7, 11) is 1.98. The first-order valence-corrected chi connectivity index (χ1v) is 9.59. The average Bonchev–Trinajstić information content (AvgIpc) is 3.21. The van der Waals surface area contributed by atoms with Crippen LogP contribution in [-0.2, 0) is 6.54 Å². The van der Waals surface area contributed by atoms with E-state index in [1.54, 1.807) is 0 Å². The second-order valence-corrected chi connectivity index (χ2v) is 6.84. The third-order valence-electron chi connectivity index (χ3n) is 5.05. The van der Waals surface area contributed by atoms with Gasteiger partial charge in [-0.3, -0.25) is 0 Å². The third kappa shape index (κ3) is 3.69. The summed E-state index contributed by atoms with van der Waals surface area (Å²) >= 11 is 0. The normalized spacial score (nSPS) is 14.7. The summed E-state index contributed by atoms with van der Waals surface area (Å²) in [4.78, 5) is 2.41. The van der Waals surface area contributed by atoms with Crippen LogP contribution in [0.1, 0.15) is 37.8 Å². The van der Waals surface area contributed by atoms with Crippen molar-refractivity contribution in [3.8, 4) is 0 Å². The number of benzene rings is 1. The molecule has 138 valence electrons. The Balaban J connectivity index is 1.86. The zero-order valence-corrected chi connectivity index (χ0v) is 16.4. The molecular formula is C22H30N4. The van der Waals surface area contributed by atoms with Gasteiger partial charge in [0.1, 0.15) is 5.82 Å². The van der Waals surface area contributed by atoms with Gasteiger partial charge in [-0.05, 0) is 36.5 Å². The van der Waals surface area contributed by atoms with E-state index in [1.807, 2.05) is 7.05 Å². The van der Waals surface area contributed by atoms with Crippen LogP contribution in [-0.4, -0.2) is 29.9 Å². The fourth-order valence-corrected chi connectivity index (χ4v) is 3.65. The van der Waals surface area contributed by atoms with Crippen LogP contribution in [0, 0.1) is 6.92 Å². The summed E-state index contributed by atoms with van der Waals surface area (Å²) in [6, 6.07) is 10.5. The predicted molar refractivity (Wildman–Crippen MR) is 111 cm³/mol. The van der Waals surface area contributed by atoms with Crippen molar-refractivity contribution < 1.29 is 0 Å². The molecule has 2 heterocycles. The molecule has 0 saturated carbocycles. The SMILES string of the molecule is CC/C=C/C1=C(CC)CN(c2nn(Cc3ccccc3)c(NC)c2C)C1. The summed E-state index contributed by atoms with van der Waals surface area (Å²) in [6.45, 7) is 9.31. The molecule has 2 aromatic rings. The van der Waals surface area contributed by atoms with Gasteiger partial charge in [0, 0.05) is 25.7 Å². The van der Waals surface area contributed by atoms with Gasteiger partial charge in [-0.1, -0.05) is 56.3 Å². The van der Waals surface area contributed by atoms with E-state index in [0.29, 0.717) is 0 Å². The first kappa shape index (κ1) is 18.3. The number of nitrogens with one attached hydrogen (secondary N) is 1. The van der Waals surface area contributed by atoms with Crippen LogP contribution in [0.5, 0.6) is 0 Å². The summed E-state index contributed by atoms with van der Waals surface area (Å²) in [5, 5.41) is 8.32. The number of aromatic nitrogens is 2. The van der Waals surface area contributed by atoms with Gasteiger partial charge >= 0.3 is 0 Å². The van der Waals surface area contributed by atoms with Crippen LogP contribution in [0.4, 0.5) is 11.6 Å². The minimum Gasteiger partial charge on any atom is -0.373 e. The Morgan fingerprint density at radius 1 is 1.15 bits per heavy atom. The van der Waals surface area contributed by atoms with Crippen molar-refractivity contribution in [1.82, 2.24) is 9.78 Å². The van der Waals surface area contributed by atoms with Gasteiger partial charge in [-0.25, -0.2) is 4.68 Å². The van der Waals surface area contributed by atoms with Crippen molar-refractivity contribution in [2.75, 3.05) is 30.4 Å². The molecule has 1 aromatic heterocycles. The van der Waals surface area contributed by atoms with Crippen molar-refractivity contribution in [3.05, 3.63) is 64.8 Å². The van der Waals surface area contributed by atoms with Crippen LogP contribution in [0.15, 0.2) is 53.6 Å². The molecule has 0 amide bonds. The Bertz CT molecular complexity index is 799. The summed E-state index contributed by atoms with van der Waals surface area (Å²) < 4.78 is 2.09. The van der Waals surface area contributed by atoms with Crippen LogP contribution >= 0.6 is 0 Å². The lowest BCUT2D eigenvalue weighted by Gasteiger charge is -2.16. The molecule has 0 spiro atoms. The second-order valence-electron chi connectivity index (χ2n) is 6.84. The van der Waals surface area contributed by atoms with Crippen molar-refractivity contribution in [2.45, 2.75) is 40.2 Å². The van der Waals surface area contributed by atoms with Crippen LogP contribution in [0.2, 0.25) is 0 Å². The van der Waals surface area contributed by atoms with E-state index in [4.69, 9.17) is 5.10 Å². The van der Waals surface area contributed by atoms with Crippen molar-refractivity contribution in [1.29, 1.82) is 0 Å². The molecule has 0 radical (unpaired) electrons. The molecule has 3 rings (SSSR count). The minimum atomic E-state index is 0.780. The van der Waals surface area contributed by atoms with Crippen LogP contribution < -0.4 is 10.2 Å². The number of allylic oxidation sites excluding steroid dienone is 1. The molecule has 4 nitrogen and oxygen atoms in total. The molecule has 0 atom stereocenters. The summed E-state index contributed by atoms with van der Waals surface area (Å²) in [5.74, 6) is 2.19. The zero-order valence-electron chi connectivity index (χ0n) is 16.4. The summed E-state index contributed by atoms with van der Waals surface area (Å²) in [6.07, 6.45) is 6.74. The molecule has 1 N–H and O–H groups in total. The molecule has 1 aromatic carbocycles. The fourth-order valence-electron chi connectivity index (χ4n) is 3.65. The Hall–Kier alpha value is -2.49. The van der Waals surface area contributed by atoms with E-state index in [0.717, 1.165) is 44.1 Å². The van der Waals surface area contributed by atoms with Gasteiger partial charge in [0.05, 0.1) is 6.54 Å². The molecular weight excluding hydrogens is 320 g/mol. The van der Waals surface area contributed by atoms with E-state index >= 15 is 0 Å². The molecule has 1 aliphatic heterocycles. The molecule has 1 aliphatic rings. The number of hydrogen-bond donors (Lipinski definition) is 1. The lowest BCUT2D eigenvalue weighted by atomic mass is 10.1. The van der Waals surface area contributed by atoms with Gasteiger partial charge in [-0.2, -0.15) is 5.10 Å². The topological polar surface area (TPSA) is 33.1 Å². The maximum Gasteiger partial charge on any atom is 0.156 e. The maximum absolute atomic E-state index is 4.97. The highest BCUT2D eigenvalue weighted by atomic mass is 15.4. The standard InChI is InChI=1S/C22H30N4/c1-5-7-13-20-16-25(15-19(20)6-2)22-17(3)21(23-4)26(24-22)14-18-11-9-8-10-12-18/h7-13,23H,5-6,14-16H2,1-4H3/b13-7+. The Morgan fingerprint density at radius 3 is 2.58 bits per heavy atom. The van der Waals surface area contributed by atoms with Crippen LogP contribution in [0.25, 0.3) is 0 Å². The molecule has 26 heavy (non-hydrogen) atoms. The van der Waals surface area contributed by atoms with Gasteiger partial charge in [-0.15, -0.1) is 0 Å². The van der Waals surface area contributed by atoms with Gasteiger partial charge in [0.15, 0.2) is 5.82 Å². The predicted octanol–water partition coefficient (Wildman–Crippen LogP) is 4.77. The van der Waals surface area contributed by atoms with Crippen molar-refractivity contribution >= 4 is 11.6 Å². The minimum absolute atomic E-state index is 0.780. The van der Waals surface area contributed by atoms with Crippen LogP contribution in [0.3, 0.4) is 0 Å². The van der Waals surface area contributed by atoms with Gasteiger partial charge < -0.3 is 10.2 Å². The Kier molecular flexibility index (Phi) is 5.82. The average molecular weight is 351 g/mol. The Morgan fingerprint density at radius 2 is 1.92 bits per heavy atom. The Labute approximate surface area is 157 Å². The largest absolute Gasteiger partial charge is 0.373 e. The molecule has 0 saturated heterocycles. The lowest BCUT2D eigenvalue weighted by molar-refractivity contribution is 0.688. The first-order valence-electron chi connectivity index (χ1n) is 9.59. The van der Waals surface area contributed by atoms with Gasteiger partial charge in [0.2, 0.25) is 0 Å². The fraction of sp³-hybridized carbons (Fsp3) is 0.409. The highest BCUT2D eigenvalue weighted by Crippen LogP contribution is 2.32. The number of nitrogens with zero attached hydrogens (tertiary/aromatic N) is 3. The van der Waals surface area contributed by atoms with Crippen molar-refractivity contribution in [3.63, 3.8) is 0 Å². The summed E-state index contributed by atoms with van der Waals surface area (Å²) in [5.41, 5.74) is 5.47. The van der Waals surface area contributed by atoms with E-state index in [1.165, 1.54) is 22.3 Å².